The minimum Gasteiger partial charge on any atom is -0.507 e. The summed E-state index contributed by atoms with van der Waals surface area (Å²) in [5.41, 5.74) is 2.62. The van der Waals surface area contributed by atoms with Gasteiger partial charge in [0.15, 0.2) is 0 Å². The second-order valence-electron chi connectivity index (χ2n) is 6.56. The average molecular weight is 353 g/mol. The number of aromatic carboxylic acids is 1. The highest BCUT2D eigenvalue weighted by Crippen LogP contribution is 2.48. The van der Waals surface area contributed by atoms with Gasteiger partial charge in [0.2, 0.25) is 0 Å². The Bertz CT molecular complexity index is 988. The normalized spacial score (nSPS) is 14.2. The fourth-order valence-electron chi connectivity index (χ4n) is 3.39. The zero-order valence-electron chi connectivity index (χ0n) is 14.1. The Labute approximate surface area is 150 Å². The van der Waals surface area contributed by atoms with Crippen LogP contribution in [0.2, 0.25) is 0 Å². The van der Waals surface area contributed by atoms with Crippen molar-refractivity contribution in [3.63, 3.8) is 0 Å². The third-order valence-electron chi connectivity index (χ3n) is 4.74. The van der Waals surface area contributed by atoms with E-state index in [0.29, 0.717) is 22.6 Å². The Morgan fingerprint density at radius 2 is 1.88 bits per heavy atom. The van der Waals surface area contributed by atoms with Gasteiger partial charge in [-0.15, -0.1) is 0 Å². The van der Waals surface area contributed by atoms with Crippen molar-refractivity contribution in [1.82, 2.24) is 4.57 Å². The van der Waals surface area contributed by atoms with Crippen LogP contribution in [0.5, 0.6) is 5.75 Å². The molecule has 0 bridgehead atoms. The number of carboxylic acids is 1. The minimum atomic E-state index is -0.950. The molecule has 1 aliphatic carbocycles. The maximum atomic E-state index is 12.1. The highest BCUT2D eigenvalue weighted by Gasteiger charge is 2.33. The third kappa shape index (κ3) is 2.59. The molecule has 0 radical (unpaired) electrons. The van der Waals surface area contributed by atoms with Crippen LogP contribution in [-0.2, 0) is 0 Å². The van der Waals surface area contributed by atoms with Crippen LogP contribution in [-0.4, -0.2) is 20.7 Å². The van der Waals surface area contributed by atoms with Crippen LogP contribution in [0, 0.1) is 13.8 Å². The lowest BCUT2D eigenvalue weighted by Gasteiger charge is -2.10. The summed E-state index contributed by atoms with van der Waals surface area (Å²) in [6.45, 7) is 3.65. The van der Waals surface area contributed by atoms with E-state index in [4.69, 9.17) is 0 Å². The highest BCUT2D eigenvalue weighted by atomic mass is 32.2. The SMILES string of the molecule is Cc1cc2c(c(C)c1O)c(C(=O)O)c(Sc1ccccc1)n2C1CC1. The number of hydrogen-bond acceptors (Lipinski definition) is 3. The van der Waals surface area contributed by atoms with E-state index in [1.165, 1.54) is 11.8 Å². The molecule has 4 nitrogen and oxygen atoms in total. The first-order valence-corrected chi connectivity index (χ1v) is 9.14. The lowest BCUT2D eigenvalue weighted by Crippen LogP contribution is -2.01. The van der Waals surface area contributed by atoms with Gasteiger partial charge in [-0.05, 0) is 50.5 Å². The number of benzene rings is 2. The maximum absolute atomic E-state index is 12.1. The van der Waals surface area contributed by atoms with Gasteiger partial charge >= 0.3 is 5.97 Å². The lowest BCUT2D eigenvalue weighted by molar-refractivity contribution is 0.0694. The second kappa shape index (κ2) is 5.85. The van der Waals surface area contributed by atoms with E-state index in [9.17, 15) is 15.0 Å². The van der Waals surface area contributed by atoms with Gasteiger partial charge in [-0.2, -0.15) is 0 Å². The Hall–Kier alpha value is -2.40. The van der Waals surface area contributed by atoms with Crippen LogP contribution >= 0.6 is 11.8 Å². The summed E-state index contributed by atoms with van der Waals surface area (Å²) in [5.74, 6) is -0.770. The molecule has 0 amide bonds. The second-order valence-corrected chi connectivity index (χ2v) is 7.63. The third-order valence-corrected chi connectivity index (χ3v) is 5.84. The summed E-state index contributed by atoms with van der Waals surface area (Å²) < 4.78 is 2.16. The number of fused-ring (bicyclic) bond motifs is 1. The predicted octanol–water partition coefficient (Wildman–Crippen LogP) is 5.15. The van der Waals surface area contributed by atoms with Crippen LogP contribution in [0.1, 0.15) is 40.4 Å². The molecular weight excluding hydrogens is 334 g/mol. The van der Waals surface area contributed by atoms with Crippen LogP contribution in [0.15, 0.2) is 46.3 Å². The molecule has 1 aliphatic rings. The molecule has 1 aromatic heterocycles. The van der Waals surface area contributed by atoms with Crippen LogP contribution < -0.4 is 0 Å². The quantitative estimate of drug-likeness (QED) is 0.681. The topological polar surface area (TPSA) is 62.5 Å². The van der Waals surface area contributed by atoms with Gasteiger partial charge in [-0.3, -0.25) is 0 Å². The van der Waals surface area contributed by atoms with E-state index >= 15 is 0 Å². The molecule has 0 aliphatic heterocycles. The number of phenols is 1. The van der Waals surface area contributed by atoms with Crippen molar-refractivity contribution in [2.24, 2.45) is 0 Å². The fourth-order valence-corrected chi connectivity index (χ4v) is 4.54. The first kappa shape index (κ1) is 16.1. The number of nitrogens with zero attached hydrogens (tertiary/aromatic N) is 1. The number of hydrogen-bond donors (Lipinski definition) is 2. The van der Waals surface area contributed by atoms with Crippen molar-refractivity contribution in [2.45, 2.75) is 42.7 Å². The zero-order chi connectivity index (χ0) is 17.7. The first-order chi connectivity index (χ1) is 12.0. The molecule has 4 rings (SSSR count). The molecule has 25 heavy (non-hydrogen) atoms. The van der Waals surface area contributed by atoms with Crippen LogP contribution in [0.3, 0.4) is 0 Å². The van der Waals surface area contributed by atoms with Gasteiger partial charge in [0.05, 0.1) is 16.1 Å². The molecule has 2 aromatic carbocycles. The lowest BCUT2D eigenvalue weighted by atomic mass is 10.0. The van der Waals surface area contributed by atoms with Gasteiger partial charge in [0.1, 0.15) is 5.75 Å². The molecule has 3 aromatic rings. The van der Waals surface area contributed by atoms with Crippen molar-refractivity contribution in [3.8, 4) is 5.75 Å². The monoisotopic (exact) mass is 353 g/mol. The number of carboxylic acid groups (broad SMARTS) is 1. The predicted molar refractivity (Wildman–Crippen MR) is 98.9 cm³/mol. The Balaban J connectivity index is 2.06. The van der Waals surface area contributed by atoms with Gasteiger partial charge in [-0.25, -0.2) is 4.79 Å². The van der Waals surface area contributed by atoms with Crippen molar-refractivity contribution < 1.29 is 15.0 Å². The van der Waals surface area contributed by atoms with E-state index in [2.05, 4.69) is 4.57 Å². The van der Waals surface area contributed by atoms with Gasteiger partial charge < -0.3 is 14.8 Å². The van der Waals surface area contributed by atoms with Gasteiger partial charge in [0.25, 0.3) is 0 Å². The number of aryl methyl sites for hydroxylation is 2. The summed E-state index contributed by atoms with van der Waals surface area (Å²) in [6.07, 6.45) is 2.12. The van der Waals surface area contributed by atoms with E-state index in [1.807, 2.05) is 43.3 Å². The van der Waals surface area contributed by atoms with Crippen molar-refractivity contribution in [1.29, 1.82) is 0 Å². The van der Waals surface area contributed by atoms with Crippen molar-refractivity contribution in [3.05, 3.63) is 53.1 Å². The molecule has 0 spiro atoms. The summed E-state index contributed by atoms with van der Waals surface area (Å²) >= 11 is 1.48. The Morgan fingerprint density at radius 3 is 2.48 bits per heavy atom. The smallest absolute Gasteiger partial charge is 0.339 e. The molecule has 0 saturated heterocycles. The standard InChI is InChI=1S/C20H19NO3S/c1-11-10-15-16(12(2)18(11)22)17(20(23)24)19(21(15)13-8-9-13)25-14-6-4-3-5-7-14/h3-7,10,13,22H,8-9H2,1-2H3,(H,23,24). The molecule has 0 atom stereocenters. The van der Waals surface area contributed by atoms with E-state index in [0.717, 1.165) is 33.8 Å². The first-order valence-electron chi connectivity index (χ1n) is 8.32. The molecular formula is C20H19NO3S. The van der Waals surface area contributed by atoms with Crippen LogP contribution in [0.25, 0.3) is 10.9 Å². The fraction of sp³-hybridized carbons (Fsp3) is 0.250. The molecule has 1 heterocycles. The molecule has 0 unspecified atom stereocenters. The number of phenolic OH excluding ortho intramolecular Hbond substituents is 1. The van der Waals surface area contributed by atoms with Gasteiger partial charge in [-0.1, -0.05) is 30.0 Å². The summed E-state index contributed by atoms with van der Waals surface area (Å²) in [6, 6.07) is 12.1. The summed E-state index contributed by atoms with van der Waals surface area (Å²) in [5, 5.41) is 21.7. The van der Waals surface area contributed by atoms with E-state index in [1.54, 1.807) is 6.92 Å². The zero-order valence-corrected chi connectivity index (χ0v) is 14.9. The number of rotatable bonds is 4. The summed E-state index contributed by atoms with van der Waals surface area (Å²) in [7, 11) is 0. The molecule has 5 heteroatoms. The van der Waals surface area contributed by atoms with Crippen molar-refractivity contribution in [2.75, 3.05) is 0 Å². The number of aromatic hydroxyl groups is 1. The highest BCUT2D eigenvalue weighted by molar-refractivity contribution is 7.99. The molecule has 2 N–H and O–H groups in total. The maximum Gasteiger partial charge on any atom is 0.339 e. The van der Waals surface area contributed by atoms with Crippen LogP contribution in [0.4, 0.5) is 0 Å². The molecule has 1 saturated carbocycles. The van der Waals surface area contributed by atoms with E-state index in [-0.39, 0.29) is 5.75 Å². The van der Waals surface area contributed by atoms with Crippen molar-refractivity contribution >= 4 is 28.6 Å². The minimum absolute atomic E-state index is 0.180. The molecule has 128 valence electrons. The largest absolute Gasteiger partial charge is 0.507 e. The Morgan fingerprint density at radius 1 is 1.20 bits per heavy atom. The number of carbonyl (C=O) groups is 1. The van der Waals surface area contributed by atoms with Gasteiger partial charge in [0, 0.05) is 21.9 Å². The summed E-state index contributed by atoms with van der Waals surface area (Å²) in [4.78, 5) is 13.1. The Kier molecular flexibility index (Phi) is 3.76. The number of aromatic nitrogens is 1. The molecule has 1 fully saturated rings. The van der Waals surface area contributed by atoms with E-state index < -0.39 is 5.97 Å². The average Bonchev–Trinajstić information content (AvgIpc) is 3.37.